The van der Waals surface area contributed by atoms with Crippen LogP contribution in [-0.2, 0) is 9.59 Å². The van der Waals surface area contributed by atoms with E-state index in [2.05, 4.69) is 20.9 Å². The highest BCUT2D eigenvalue weighted by Crippen LogP contribution is 2.18. The molecule has 0 radical (unpaired) electrons. The summed E-state index contributed by atoms with van der Waals surface area (Å²) in [7, 11) is 0. The molecule has 0 spiro atoms. The van der Waals surface area contributed by atoms with Crippen molar-refractivity contribution in [1.82, 2.24) is 20.9 Å². The zero-order valence-electron chi connectivity index (χ0n) is 10.00. The molecule has 6 nitrogen and oxygen atoms in total. The van der Waals surface area contributed by atoms with Gasteiger partial charge in [-0.3, -0.25) is 14.5 Å². The van der Waals surface area contributed by atoms with Crippen LogP contribution >= 0.6 is 0 Å². The van der Waals surface area contributed by atoms with Crippen molar-refractivity contribution in [3.05, 3.63) is 0 Å². The summed E-state index contributed by atoms with van der Waals surface area (Å²) < 4.78 is 0. The second-order valence-corrected chi connectivity index (χ2v) is 4.64. The van der Waals surface area contributed by atoms with Crippen molar-refractivity contribution < 1.29 is 9.59 Å². The summed E-state index contributed by atoms with van der Waals surface area (Å²) in [6.07, 6.45) is 2.14. The van der Waals surface area contributed by atoms with Gasteiger partial charge in [0.1, 0.15) is 0 Å². The lowest BCUT2D eigenvalue weighted by atomic mass is 10.3. The number of amides is 2. The van der Waals surface area contributed by atoms with Crippen LogP contribution in [0.5, 0.6) is 0 Å². The van der Waals surface area contributed by atoms with Gasteiger partial charge in [0.15, 0.2) is 0 Å². The Kier molecular flexibility index (Phi) is 4.33. The van der Waals surface area contributed by atoms with Gasteiger partial charge in [0.2, 0.25) is 11.8 Å². The van der Waals surface area contributed by atoms with E-state index in [1.807, 2.05) is 0 Å². The van der Waals surface area contributed by atoms with Gasteiger partial charge in [-0.15, -0.1) is 0 Å². The van der Waals surface area contributed by atoms with Crippen LogP contribution in [0.3, 0.4) is 0 Å². The van der Waals surface area contributed by atoms with Gasteiger partial charge >= 0.3 is 0 Å². The molecule has 0 unspecified atom stereocenters. The first kappa shape index (κ1) is 12.3. The fourth-order valence-electron chi connectivity index (χ4n) is 1.81. The minimum Gasteiger partial charge on any atom is -0.352 e. The lowest BCUT2D eigenvalue weighted by molar-refractivity contribution is -0.126. The molecule has 1 saturated carbocycles. The minimum absolute atomic E-state index is 0.0714. The summed E-state index contributed by atoms with van der Waals surface area (Å²) in [6, 6.07) is 0.354. The summed E-state index contributed by atoms with van der Waals surface area (Å²) in [4.78, 5) is 25.0. The molecule has 6 heteroatoms. The number of hydrogen-bond acceptors (Lipinski definition) is 4. The standard InChI is InChI=1S/C11H20N4O2/c16-10(14-9-1-2-9)7-13-11(17)8-15-5-3-12-4-6-15/h9,12H,1-8H2,(H,13,17)(H,14,16). The van der Waals surface area contributed by atoms with Crippen LogP contribution in [0.1, 0.15) is 12.8 Å². The van der Waals surface area contributed by atoms with Gasteiger partial charge in [-0.1, -0.05) is 0 Å². The van der Waals surface area contributed by atoms with Crippen molar-refractivity contribution >= 4 is 11.8 Å². The van der Waals surface area contributed by atoms with E-state index in [1.54, 1.807) is 0 Å². The summed E-state index contributed by atoms with van der Waals surface area (Å²) in [5.74, 6) is -0.154. The normalized spacial score (nSPS) is 20.9. The summed E-state index contributed by atoms with van der Waals surface area (Å²) in [5.41, 5.74) is 0. The molecule has 0 bridgehead atoms. The molecule has 3 N–H and O–H groups in total. The van der Waals surface area contributed by atoms with E-state index in [0.29, 0.717) is 12.6 Å². The lowest BCUT2D eigenvalue weighted by Crippen LogP contribution is -2.48. The van der Waals surface area contributed by atoms with Crippen LogP contribution < -0.4 is 16.0 Å². The maximum absolute atomic E-state index is 11.6. The van der Waals surface area contributed by atoms with E-state index in [9.17, 15) is 9.59 Å². The maximum Gasteiger partial charge on any atom is 0.239 e. The molecule has 0 aromatic rings. The molecule has 0 atom stereocenters. The minimum atomic E-state index is -0.0823. The molecule has 0 aromatic heterocycles. The Labute approximate surface area is 101 Å². The second-order valence-electron chi connectivity index (χ2n) is 4.64. The number of carbonyl (C=O) groups is 2. The van der Waals surface area contributed by atoms with E-state index in [0.717, 1.165) is 39.0 Å². The van der Waals surface area contributed by atoms with E-state index in [4.69, 9.17) is 0 Å². The third-order valence-electron chi connectivity index (χ3n) is 2.97. The highest BCUT2D eigenvalue weighted by atomic mass is 16.2. The Morgan fingerprint density at radius 1 is 1.18 bits per heavy atom. The van der Waals surface area contributed by atoms with Crippen molar-refractivity contribution in [1.29, 1.82) is 0 Å². The van der Waals surface area contributed by atoms with Crippen molar-refractivity contribution in [2.45, 2.75) is 18.9 Å². The monoisotopic (exact) mass is 240 g/mol. The van der Waals surface area contributed by atoms with Crippen LogP contribution in [0.25, 0.3) is 0 Å². The summed E-state index contributed by atoms with van der Waals surface area (Å²) in [5, 5.41) is 8.71. The fourth-order valence-corrected chi connectivity index (χ4v) is 1.81. The Morgan fingerprint density at radius 2 is 1.88 bits per heavy atom. The average Bonchev–Trinajstić information content (AvgIpc) is 3.12. The van der Waals surface area contributed by atoms with Crippen LogP contribution in [-0.4, -0.2) is 62.0 Å². The fraction of sp³-hybridized carbons (Fsp3) is 0.818. The highest BCUT2D eigenvalue weighted by Gasteiger charge is 2.23. The third-order valence-corrected chi connectivity index (χ3v) is 2.97. The quantitative estimate of drug-likeness (QED) is 0.535. The van der Waals surface area contributed by atoms with Crippen LogP contribution in [0.4, 0.5) is 0 Å². The first-order chi connectivity index (χ1) is 8.24. The predicted molar refractivity (Wildman–Crippen MR) is 63.5 cm³/mol. The first-order valence-corrected chi connectivity index (χ1v) is 6.23. The zero-order valence-corrected chi connectivity index (χ0v) is 10.00. The average molecular weight is 240 g/mol. The predicted octanol–water partition coefficient (Wildman–Crippen LogP) is -1.71. The van der Waals surface area contributed by atoms with E-state index >= 15 is 0 Å². The second kappa shape index (κ2) is 5.97. The van der Waals surface area contributed by atoms with Gasteiger partial charge in [0.05, 0.1) is 13.1 Å². The van der Waals surface area contributed by atoms with Gasteiger partial charge < -0.3 is 16.0 Å². The van der Waals surface area contributed by atoms with Crippen molar-refractivity contribution in [3.63, 3.8) is 0 Å². The Hall–Kier alpha value is -1.14. The third kappa shape index (κ3) is 4.70. The van der Waals surface area contributed by atoms with E-state index in [1.165, 1.54) is 0 Å². The molecule has 96 valence electrons. The topological polar surface area (TPSA) is 73.5 Å². The summed E-state index contributed by atoms with van der Waals surface area (Å²) >= 11 is 0. The van der Waals surface area contributed by atoms with E-state index in [-0.39, 0.29) is 18.4 Å². The first-order valence-electron chi connectivity index (χ1n) is 6.23. The number of nitrogens with one attached hydrogen (secondary N) is 3. The summed E-state index contributed by atoms with van der Waals surface area (Å²) in [6.45, 7) is 4.12. The van der Waals surface area contributed by atoms with Gasteiger partial charge in [0.25, 0.3) is 0 Å². The van der Waals surface area contributed by atoms with Crippen molar-refractivity contribution in [3.8, 4) is 0 Å². The van der Waals surface area contributed by atoms with Gasteiger partial charge in [-0.2, -0.15) is 0 Å². The number of hydrogen-bond donors (Lipinski definition) is 3. The number of piperazine rings is 1. The molecule has 2 aliphatic rings. The van der Waals surface area contributed by atoms with Crippen molar-refractivity contribution in [2.24, 2.45) is 0 Å². The Morgan fingerprint density at radius 3 is 2.53 bits per heavy atom. The number of nitrogens with zero attached hydrogens (tertiary/aromatic N) is 1. The SMILES string of the molecule is O=C(CN1CCNCC1)NCC(=O)NC1CC1. The Balaban J connectivity index is 1.57. The molecule has 1 aliphatic carbocycles. The van der Waals surface area contributed by atoms with Crippen molar-refractivity contribution in [2.75, 3.05) is 39.3 Å². The molecule has 2 amide bonds. The van der Waals surface area contributed by atoms with Crippen LogP contribution in [0.15, 0.2) is 0 Å². The molecule has 2 rings (SSSR count). The van der Waals surface area contributed by atoms with Gasteiger partial charge in [-0.05, 0) is 12.8 Å². The smallest absolute Gasteiger partial charge is 0.239 e. The molecular formula is C11H20N4O2. The molecule has 1 heterocycles. The molecule has 2 fully saturated rings. The van der Waals surface area contributed by atoms with Crippen LogP contribution in [0.2, 0.25) is 0 Å². The molecule has 1 aliphatic heterocycles. The number of carbonyl (C=O) groups excluding carboxylic acids is 2. The van der Waals surface area contributed by atoms with Crippen LogP contribution in [0, 0.1) is 0 Å². The van der Waals surface area contributed by atoms with Gasteiger partial charge in [0, 0.05) is 32.2 Å². The Bertz CT molecular complexity index is 285. The van der Waals surface area contributed by atoms with E-state index < -0.39 is 0 Å². The maximum atomic E-state index is 11.6. The highest BCUT2D eigenvalue weighted by molar-refractivity contribution is 5.85. The lowest BCUT2D eigenvalue weighted by Gasteiger charge is -2.26. The molecule has 17 heavy (non-hydrogen) atoms. The molecular weight excluding hydrogens is 220 g/mol. The largest absolute Gasteiger partial charge is 0.352 e. The van der Waals surface area contributed by atoms with Gasteiger partial charge in [-0.25, -0.2) is 0 Å². The molecule has 0 aromatic carbocycles. The zero-order chi connectivity index (χ0) is 12.1. The molecule has 1 saturated heterocycles. The number of rotatable bonds is 5.